The number of nitrogens with one attached hydrogen (secondary N) is 1. The van der Waals surface area contributed by atoms with Gasteiger partial charge in [-0.1, -0.05) is 18.2 Å². The summed E-state index contributed by atoms with van der Waals surface area (Å²) < 4.78 is 14.5. The fourth-order valence-corrected chi connectivity index (χ4v) is 2.02. The molecule has 0 saturated heterocycles. The van der Waals surface area contributed by atoms with E-state index in [4.69, 9.17) is 0 Å². The molecule has 0 atom stereocenters. The van der Waals surface area contributed by atoms with Crippen molar-refractivity contribution in [1.29, 1.82) is 0 Å². The van der Waals surface area contributed by atoms with Crippen molar-refractivity contribution in [2.75, 3.05) is 5.32 Å². The maximum Gasteiger partial charge on any atom is 0.153 e. The van der Waals surface area contributed by atoms with Gasteiger partial charge < -0.3 is 5.32 Å². The number of halogens is 1. The van der Waals surface area contributed by atoms with E-state index in [2.05, 4.69) is 20.8 Å². The molecule has 3 rings (SSSR count). The number of rotatable bonds is 4. The molecule has 2 aromatic carbocycles. The summed E-state index contributed by atoms with van der Waals surface area (Å²) in [4.78, 5) is 0. The van der Waals surface area contributed by atoms with Crippen molar-refractivity contribution in [2.45, 2.75) is 13.5 Å². The lowest BCUT2D eigenvalue weighted by Gasteiger charge is -2.09. The third-order valence-corrected chi connectivity index (χ3v) is 3.13. The minimum atomic E-state index is -0.227. The molecule has 1 aromatic heterocycles. The van der Waals surface area contributed by atoms with E-state index in [1.807, 2.05) is 31.2 Å². The first-order valence-corrected chi connectivity index (χ1v) is 6.56. The lowest BCUT2D eigenvalue weighted by Crippen LogP contribution is -2.03. The van der Waals surface area contributed by atoms with Gasteiger partial charge in [-0.2, -0.15) is 4.68 Å². The van der Waals surface area contributed by atoms with Crippen LogP contribution in [0.5, 0.6) is 0 Å². The first kappa shape index (κ1) is 13.2. The molecule has 0 aliphatic carbocycles. The van der Waals surface area contributed by atoms with Crippen LogP contribution in [0.3, 0.4) is 0 Å². The highest BCUT2D eigenvalue weighted by molar-refractivity contribution is 5.51. The number of aromatic nitrogens is 4. The van der Waals surface area contributed by atoms with Gasteiger partial charge in [-0.05, 0) is 53.2 Å². The van der Waals surface area contributed by atoms with Gasteiger partial charge in [-0.25, -0.2) is 4.39 Å². The first-order chi connectivity index (χ1) is 10.2. The van der Waals surface area contributed by atoms with Gasteiger partial charge in [0, 0.05) is 12.2 Å². The van der Waals surface area contributed by atoms with Crippen LogP contribution in [-0.2, 0) is 6.54 Å². The summed E-state index contributed by atoms with van der Waals surface area (Å²) in [7, 11) is 0. The maximum absolute atomic E-state index is 12.9. The Balaban J connectivity index is 1.74. The zero-order valence-corrected chi connectivity index (χ0v) is 11.5. The van der Waals surface area contributed by atoms with Crippen molar-refractivity contribution >= 4 is 5.69 Å². The number of benzene rings is 2. The van der Waals surface area contributed by atoms with Crippen LogP contribution in [0.4, 0.5) is 10.1 Å². The van der Waals surface area contributed by atoms with Crippen LogP contribution in [0.1, 0.15) is 11.4 Å². The standard InChI is InChI=1S/C15H14FN5/c1-11-18-19-20-21(11)15-4-2-3-14(9-15)17-10-12-5-7-13(16)8-6-12/h2-9,17H,10H2,1H3. The van der Waals surface area contributed by atoms with Gasteiger partial charge in [0.15, 0.2) is 5.82 Å². The van der Waals surface area contributed by atoms with Gasteiger partial charge in [-0.15, -0.1) is 5.10 Å². The molecular weight excluding hydrogens is 269 g/mol. The highest BCUT2D eigenvalue weighted by Crippen LogP contribution is 2.15. The summed E-state index contributed by atoms with van der Waals surface area (Å²) in [6.45, 7) is 2.47. The number of aryl methyl sites for hydroxylation is 1. The van der Waals surface area contributed by atoms with Crippen molar-refractivity contribution in [2.24, 2.45) is 0 Å². The third kappa shape index (κ3) is 3.05. The molecular formula is C15H14FN5. The molecule has 0 fully saturated rings. The van der Waals surface area contributed by atoms with Gasteiger partial charge in [0.2, 0.25) is 0 Å². The molecule has 0 spiro atoms. The van der Waals surface area contributed by atoms with E-state index in [0.717, 1.165) is 22.8 Å². The van der Waals surface area contributed by atoms with Crippen molar-refractivity contribution in [3.05, 3.63) is 65.7 Å². The second-order valence-electron chi connectivity index (χ2n) is 4.67. The van der Waals surface area contributed by atoms with E-state index in [1.54, 1.807) is 16.8 Å². The molecule has 106 valence electrons. The number of nitrogens with zero attached hydrogens (tertiary/aromatic N) is 4. The molecule has 0 bridgehead atoms. The Kier molecular flexibility index (Phi) is 3.59. The fraction of sp³-hybridized carbons (Fsp3) is 0.133. The molecule has 3 aromatic rings. The first-order valence-electron chi connectivity index (χ1n) is 6.56. The van der Waals surface area contributed by atoms with Gasteiger partial charge in [0.05, 0.1) is 5.69 Å². The molecule has 0 saturated carbocycles. The highest BCUT2D eigenvalue weighted by atomic mass is 19.1. The predicted molar refractivity (Wildman–Crippen MR) is 77.6 cm³/mol. The molecule has 1 N–H and O–H groups in total. The van der Waals surface area contributed by atoms with Crippen molar-refractivity contribution in [3.8, 4) is 5.69 Å². The van der Waals surface area contributed by atoms with E-state index in [0.29, 0.717) is 6.54 Å². The van der Waals surface area contributed by atoms with Crippen molar-refractivity contribution < 1.29 is 4.39 Å². The molecule has 0 aliphatic heterocycles. The Morgan fingerprint density at radius 2 is 1.95 bits per heavy atom. The molecule has 0 amide bonds. The van der Waals surface area contributed by atoms with E-state index < -0.39 is 0 Å². The summed E-state index contributed by atoms with van der Waals surface area (Å²) in [6.07, 6.45) is 0. The topological polar surface area (TPSA) is 55.6 Å². The van der Waals surface area contributed by atoms with Crippen LogP contribution in [0.25, 0.3) is 5.69 Å². The quantitative estimate of drug-likeness (QED) is 0.800. The average Bonchev–Trinajstić information content (AvgIpc) is 2.93. The number of hydrogen-bond donors (Lipinski definition) is 1. The number of anilines is 1. The number of hydrogen-bond acceptors (Lipinski definition) is 4. The molecule has 0 radical (unpaired) electrons. The van der Waals surface area contributed by atoms with Crippen LogP contribution < -0.4 is 5.32 Å². The van der Waals surface area contributed by atoms with Crippen molar-refractivity contribution in [1.82, 2.24) is 20.2 Å². The smallest absolute Gasteiger partial charge is 0.153 e. The minimum Gasteiger partial charge on any atom is -0.381 e. The Hall–Kier alpha value is -2.76. The lowest BCUT2D eigenvalue weighted by molar-refractivity contribution is 0.627. The van der Waals surface area contributed by atoms with Gasteiger partial charge in [-0.3, -0.25) is 0 Å². The lowest BCUT2D eigenvalue weighted by atomic mass is 10.2. The van der Waals surface area contributed by atoms with Crippen LogP contribution >= 0.6 is 0 Å². The molecule has 0 aliphatic rings. The van der Waals surface area contributed by atoms with Crippen molar-refractivity contribution in [3.63, 3.8) is 0 Å². The minimum absolute atomic E-state index is 0.227. The second-order valence-corrected chi connectivity index (χ2v) is 4.67. The molecule has 21 heavy (non-hydrogen) atoms. The van der Waals surface area contributed by atoms with E-state index in [9.17, 15) is 4.39 Å². The summed E-state index contributed by atoms with van der Waals surface area (Å²) >= 11 is 0. The zero-order valence-electron chi connectivity index (χ0n) is 11.5. The van der Waals surface area contributed by atoms with Crippen LogP contribution in [0, 0.1) is 12.7 Å². The summed E-state index contributed by atoms with van der Waals surface area (Å²) in [6, 6.07) is 14.2. The van der Waals surface area contributed by atoms with E-state index >= 15 is 0 Å². The molecule has 0 unspecified atom stereocenters. The Bertz CT molecular complexity index is 736. The second kappa shape index (κ2) is 5.70. The van der Waals surface area contributed by atoms with Crippen LogP contribution in [-0.4, -0.2) is 20.2 Å². The Morgan fingerprint density at radius 1 is 1.14 bits per heavy atom. The van der Waals surface area contributed by atoms with Gasteiger partial charge in [0.25, 0.3) is 0 Å². The monoisotopic (exact) mass is 283 g/mol. The van der Waals surface area contributed by atoms with Crippen LogP contribution in [0.2, 0.25) is 0 Å². The molecule has 6 heteroatoms. The SMILES string of the molecule is Cc1nnnn1-c1cccc(NCc2ccc(F)cc2)c1. The highest BCUT2D eigenvalue weighted by Gasteiger charge is 2.04. The van der Waals surface area contributed by atoms with E-state index in [-0.39, 0.29) is 5.82 Å². The van der Waals surface area contributed by atoms with Gasteiger partial charge >= 0.3 is 0 Å². The van der Waals surface area contributed by atoms with Gasteiger partial charge in [0.1, 0.15) is 5.82 Å². The summed E-state index contributed by atoms with van der Waals surface area (Å²) in [5.74, 6) is 0.501. The Labute approximate surface area is 121 Å². The summed E-state index contributed by atoms with van der Waals surface area (Å²) in [5, 5.41) is 14.7. The molecule has 5 nitrogen and oxygen atoms in total. The third-order valence-electron chi connectivity index (χ3n) is 3.13. The summed E-state index contributed by atoms with van der Waals surface area (Å²) in [5.41, 5.74) is 2.86. The zero-order chi connectivity index (χ0) is 14.7. The van der Waals surface area contributed by atoms with Crippen LogP contribution in [0.15, 0.2) is 48.5 Å². The largest absolute Gasteiger partial charge is 0.381 e. The maximum atomic E-state index is 12.9. The number of tetrazole rings is 1. The van der Waals surface area contributed by atoms with E-state index in [1.165, 1.54) is 12.1 Å². The predicted octanol–water partition coefficient (Wildman–Crippen LogP) is 2.72. The fourth-order valence-electron chi connectivity index (χ4n) is 2.02. The average molecular weight is 283 g/mol. The molecule has 1 heterocycles. The normalized spacial score (nSPS) is 10.6. The Morgan fingerprint density at radius 3 is 2.67 bits per heavy atom.